The van der Waals surface area contributed by atoms with Gasteiger partial charge in [0, 0.05) is 25.7 Å². The lowest BCUT2D eigenvalue weighted by Gasteiger charge is -2.36. The molecule has 6 heteroatoms. The number of likely N-dealkylation sites (N-methyl/N-ethyl adjacent to an activating group) is 1. The fraction of sp³-hybridized carbons (Fsp3) is 0.700. The quantitative estimate of drug-likeness (QED) is 0.660. The Morgan fingerprint density at radius 3 is 2.50 bits per heavy atom. The third-order valence-electron chi connectivity index (χ3n) is 2.73. The summed E-state index contributed by atoms with van der Waals surface area (Å²) in [4.78, 5) is 36.5. The number of hydrogen-bond donors (Lipinski definition) is 1. The molecule has 2 amide bonds. The van der Waals surface area contributed by atoms with Gasteiger partial charge in [0.1, 0.15) is 0 Å². The number of carboxylic acid groups (broad SMARTS) is 1. The van der Waals surface area contributed by atoms with Gasteiger partial charge in [-0.3, -0.25) is 14.4 Å². The highest BCUT2D eigenvalue weighted by Gasteiger charge is 2.34. The summed E-state index contributed by atoms with van der Waals surface area (Å²) in [5, 5.41) is 8.63. The number of aliphatic carboxylic acids is 1. The van der Waals surface area contributed by atoms with Crippen LogP contribution in [0.5, 0.6) is 0 Å². The second kappa shape index (κ2) is 4.96. The minimum Gasteiger partial charge on any atom is -0.481 e. The summed E-state index contributed by atoms with van der Waals surface area (Å²) in [7, 11) is 0. The van der Waals surface area contributed by atoms with Gasteiger partial charge in [0.2, 0.25) is 0 Å². The Kier molecular flexibility index (Phi) is 3.87. The molecule has 1 unspecified atom stereocenters. The van der Waals surface area contributed by atoms with Crippen LogP contribution >= 0.6 is 0 Å². The van der Waals surface area contributed by atoms with Crippen LogP contribution in [0.15, 0.2) is 0 Å². The summed E-state index contributed by atoms with van der Waals surface area (Å²) in [5.41, 5.74) is 0. The van der Waals surface area contributed by atoms with Gasteiger partial charge in [-0.05, 0) is 13.8 Å². The van der Waals surface area contributed by atoms with Crippen molar-refractivity contribution in [2.45, 2.75) is 26.3 Å². The van der Waals surface area contributed by atoms with E-state index in [1.807, 2.05) is 6.92 Å². The van der Waals surface area contributed by atoms with Gasteiger partial charge in [-0.1, -0.05) is 0 Å². The first kappa shape index (κ1) is 12.5. The van der Waals surface area contributed by atoms with Gasteiger partial charge < -0.3 is 14.9 Å². The number of nitrogens with zero attached hydrogens (tertiary/aromatic N) is 2. The minimum atomic E-state index is -0.967. The van der Waals surface area contributed by atoms with Gasteiger partial charge in [0.15, 0.2) is 0 Å². The molecule has 1 aliphatic rings. The first-order valence-electron chi connectivity index (χ1n) is 5.29. The summed E-state index contributed by atoms with van der Waals surface area (Å²) in [6, 6.07) is -0.437. The highest BCUT2D eigenvalue weighted by atomic mass is 16.4. The molecule has 0 aliphatic carbocycles. The van der Waals surface area contributed by atoms with E-state index in [0.29, 0.717) is 19.6 Å². The van der Waals surface area contributed by atoms with Gasteiger partial charge in [-0.2, -0.15) is 0 Å². The first-order valence-corrected chi connectivity index (χ1v) is 5.29. The van der Waals surface area contributed by atoms with Crippen molar-refractivity contribution in [3.63, 3.8) is 0 Å². The van der Waals surface area contributed by atoms with Crippen LogP contribution in [-0.2, 0) is 14.4 Å². The number of carboxylic acids is 1. The predicted octanol–water partition coefficient (Wildman–Crippen LogP) is -0.460. The fourth-order valence-electron chi connectivity index (χ4n) is 1.77. The van der Waals surface area contributed by atoms with E-state index >= 15 is 0 Å². The van der Waals surface area contributed by atoms with E-state index in [9.17, 15) is 14.4 Å². The van der Waals surface area contributed by atoms with Crippen molar-refractivity contribution in [1.82, 2.24) is 9.80 Å². The molecule has 1 heterocycles. The number of rotatable bonds is 4. The van der Waals surface area contributed by atoms with E-state index in [0.717, 1.165) is 0 Å². The van der Waals surface area contributed by atoms with Crippen molar-refractivity contribution in [3.05, 3.63) is 0 Å². The zero-order valence-electron chi connectivity index (χ0n) is 9.47. The molecule has 1 fully saturated rings. The molecule has 1 aliphatic heterocycles. The monoisotopic (exact) mass is 228 g/mol. The normalized spacial score (nSPS) is 18.9. The smallest absolute Gasteiger partial charge is 0.312 e. The van der Waals surface area contributed by atoms with Crippen LogP contribution in [0.2, 0.25) is 0 Å². The number of amides is 2. The molecule has 1 N–H and O–H groups in total. The molecule has 16 heavy (non-hydrogen) atoms. The lowest BCUT2D eigenvalue weighted by atomic mass is 10.1. The summed E-state index contributed by atoms with van der Waals surface area (Å²) >= 11 is 0. The van der Waals surface area contributed by atoms with E-state index in [4.69, 9.17) is 5.11 Å². The first-order chi connectivity index (χ1) is 7.47. The van der Waals surface area contributed by atoms with Crippen LogP contribution in [-0.4, -0.2) is 58.4 Å². The zero-order chi connectivity index (χ0) is 12.3. The fourth-order valence-corrected chi connectivity index (χ4v) is 1.77. The van der Waals surface area contributed by atoms with Crippen LogP contribution in [0.4, 0.5) is 0 Å². The van der Waals surface area contributed by atoms with Crippen molar-refractivity contribution in [2.24, 2.45) is 0 Å². The van der Waals surface area contributed by atoms with E-state index in [1.54, 1.807) is 6.92 Å². The molecule has 0 aromatic carbocycles. The van der Waals surface area contributed by atoms with Crippen LogP contribution in [0.3, 0.4) is 0 Å². The summed E-state index contributed by atoms with van der Waals surface area (Å²) in [6.45, 7) is 4.84. The Balaban J connectivity index is 2.67. The molecule has 0 spiro atoms. The van der Waals surface area contributed by atoms with Crippen LogP contribution < -0.4 is 0 Å². The van der Waals surface area contributed by atoms with Crippen LogP contribution in [0.25, 0.3) is 0 Å². The number of hydrogen-bond acceptors (Lipinski definition) is 3. The number of carbonyl (C=O) groups is 3. The van der Waals surface area contributed by atoms with Gasteiger partial charge in [-0.15, -0.1) is 0 Å². The lowest BCUT2D eigenvalue weighted by molar-refractivity contribution is -0.158. The predicted molar refractivity (Wildman–Crippen MR) is 55.7 cm³/mol. The van der Waals surface area contributed by atoms with Crippen molar-refractivity contribution in [3.8, 4) is 0 Å². The highest BCUT2D eigenvalue weighted by molar-refractivity contribution is 6.35. The van der Waals surface area contributed by atoms with Crippen LogP contribution in [0, 0.1) is 0 Å². The number of piperazine rings is 1. The van der Waals surface area contributed by atoms with E-state index in [1.165, 1.54) is 9.80 Å². The van der Waals surface area contributed by atoms with E-state index < -0.39 is 23.8 Å². The number of carbonyl (C=O) groups excluding carboxylic acids is 2. The minimum absolute atomic E-state index is 0.134. The maximum atomic E-state index is 11.7. The molecular formula is C10H16N2O4. The largest absolute Gasteiger partial charge is 0.481 e. The third-order valence-corrected chi connectivity index (χ3v) is 2.73. The molecule has 90 valence electrons. The Labute approximate surface area is 93.8 Å². The Hall–Kier alpha value is -1.59. The maximum Gasteiger partial charge on any atom is 0.312 e. The second-order valence-corrected chi connectivity index (χ2v) is 3.83. The molecule has 0 bridgehead atoms. The van der Waals surface area contributed by atoms with Crippen molar-refractivity contribution < 1.29 is 19.5 Å². The molecule has 1 rings (SSSR count). The molecular weight excluding hydrogens is 212 g/mol. The van der Waals surface area contributed by atoms with Gasteiger partial charge in [0.05, 0.1) is 6.42 Å². The van der Waals surface area contributed by atoms with Gasteiger partial charge >= 0.3 is 17.8 Å². The Morgan fingerprint density at radius 2 is 2.00 bits per heavy atom. The molecule has 0 saturated carbocycles. The molecule has 1 saturated heterocycles. The summed E-state index contributed by atoms with van der Waals surface area (Å²) in [5.74, 6) is -2.10. The highest BCUT2D eigenvalue weighted by Crippen LogP contribution is 2.11. The summed E-state index contributed by atoms with van der Waals surface area (Å²) in [6.07, 6.45) is -0.134. The Morgan fingerprint density at radius 1 is 1.38 bits per heavy atom. The molecule has 0 aromatic heterocycles. The van der Waals surface area contributed by atoms with Crippen molar-refractivity contribution >= 4 is 17.8 Å². The zero-order valence-corrected chi connectivity index (χ0v) is 9.47. The standard InChI is InChI=1S/C10H16N2O4/c1-3-11-4-5-12(10(16)9(11)15)7(2)6-8(13)14/h7H,3-6H2,1-2H3,(H,13,14). The third kappa shape index (κ3) is 2.50. The van der Waals surface area contributed by atoms with Crippen LogP contribution in [0.1, 0.15) is 20.3 Å². The average molecular weight is 228 g/mol. The van der Waals surface area contributed by atoms with E-state index in [-0.39, 0.29) is 6.42 Å². The molecule has 1 atom stereocenters. The van der Waals surface area contributed by atoms with Gasteiger partial charge in [-0.25, -0.2) is 0 Å². The molecule has 0 radical (unpaired) electrons. The maximum absolute atomic E-state index is 11.7. The molecule has 0 aromatic rings. The molecule has 6 nitrogen and oxygen atoms in total. The van der Waals surface area contributed by atoms with Crippen molar-refractivity contribution in [2.75, 3.05) is 19.6 Å². The second-order valence-electron chi connectivity index (χ2n) is 3.83. The Bertz CT molecular complexity index is 316. The average Bonchev–Trinajstić information content (AvgIpc) is 2.20. The van der Waals surface area contributed by atoms with Crippen molar-refractivity contribution in [1.29, 1.82) is 0 Å². The SMILES string of the molecule is CCN1CCN(C(C)CC(=O)O)C(=O)C1=O. The summed E-state index contributed by atoms with van der Waals surface area (Å²) < 4.78 is 0. The topological polar surface area (TPSA) is 77.9 Å². The van der Waals surface area contributed by atoms with E-state index in [2.05, 4.69) is 0 Å². The van der Waals surface area contributed by atoms with Gasteiger partial charge in [0.25, 0.3) is 0 Å². The lowest BCUT2D eigenvalue weighted by Crippen LogP contribution is -2.56.